The van der Waals surface area contributed by atoms with Gasteiger partial charge in [0, 0.05) is 18.5 Å². The van der Waals surface area contributed by atoms with E-state index in [2.05, 4.69) is 42.6 Å². The van der Waals surface area contributed by atoms with Gasteiger partial charge in [0.2, 0.25) is 0 Å². The van der Waals surface area contributed by atoms with Gasteiger partial charge in [-0.2, -0.15) is 0 Å². The highest BCUT2D eigenvalue weighted by Crippen LogP contribution is 2.25. The molecule has 0 unspecified atom stereocenters. The Morgan fingerprint density at radius 2 is 1.86 bits per heavy atom. The predicted molar refractivity (Wildman–Crippen MR) is 109 cm³/mol. The van der Waals surface area contributed by atoms with E-state index in [1.165, 1.54) is 27.2 Å². The van der Waals surface area contributed by atoms with Crippen LogP contribution in [0.5, 0.6) is 5.75 Å². The molecule has 4 rings (SSSR count). The molecule has 5 nitrogen and oxygen atoms in total. The third kappa shape index (κ3) is 4.72. The summed E-state index contributed by atoms with van der Waals surface area (Å²) in [5.74, 6) is 1.21. The summed E-state index contributed by atoms with van der Waals surface area (Å²) in [7, 11) is 0. The first-order valence-corrected chi connectivity index (χ1v) is 10.4. The van der Waals surface area contributed by atoms with E-state index in [-0.39, 0.29) is 5.91 Å². The minimum Gasteiger partial charge on any atom is -0.493 e. The Bertz CT molecular complexity index is 828. The number of aryl methyl sites for hydroxylation is 1. The van der Waals surface area contributed by atoms with Crippen molar-refractivity contribution >= 4 is 5.91 Å². The lowest BCUT2D eigenvalue weighted by atomic mass is 10.1. The molecule has 28 heavy (non-hydrogen) atoms. The van der Waals surface area contributed by atoms with Crippen LogP contribution in [0.25, 0.3) is 0 Å². The van der Waals surface area contributed by atoms with E-state index in [0.29, 0.717) is 13.1 Å². The lowest BCUT2D eigenvalue weighted by molar-refractivity contribution is -1.02. The van der Waals surface area contributed by atoms with Crippen molar-refractivity contribution in [3.8, 4) is 5.75 Å². The number of nitrogens with one attached hydrogen (secondary N) is 3. The molecule has 148 valence electrons. The molecule has 0 spiro atoms. The lowest BCUT2D eigenvalue weighted by Gasteiger charge is -2.29. The Labute approximate surface area is 167 Å². The number of hydrogen-bond donors (Lipinski definition) is 3. The zero-order valence-electron chi connectivity index (χ0n) is 16.7. The van der Waals surface area contributed by atoms with Gasteiger partial charge in [-0.3, -0.25) is 4.79 Å². The highest BCUT2D eigenvalue weighted by Gasteiger charge is 2.25. The van der Waals surface area contributed by atoms with Gasteiger partial charge >= 0.3 is 0 Å². The molecule has 2 aliphatic heterocycles. The van der Waals surface area contributed by atoms with E-state index in [1.54, 1.807) is 4.90 Å². The molecule has 1 amide bonds. The van der Waals surface area contributed by atoms with Crippen LogP contribution >= 0.6 is 0 Å². The van der Waals surface area contributed by atoms with Gasteiger partial charge in [0.15, 0.2) is 6.54 Å². The second-order valence-electron chi connectivity index (χ2n) is 8.10. The standard InChI is InChI=1S/C23H29N3O2/c1-18-4-2-3-5-21(18)15-24-23(27)17-26-11-9-25(10-12-26)16-19-6-7-22-20(14-19)8-13-28-22/h2-7,14H,8-13,15-17H2,1H3,(H,24,27)/p+2. The Kier molecular flexibility index (Phi) is 5.93. The quantitative estimate of drug-likeness (QED) is 0.634. The smallest absolute Gasteiger partial charge is 0.275 e. The van der Waals surface area contributed by atoms with Crippen molar-refractivity contribution in [3.05, 3.63) is 64.7 Å². The number of fused-ring (bicyclic) bond motifs is 1. The minimum absolute atomic E-state index is 0.153. The van der Waals surface area contributed by atoms with Gasteiger partial charge in [0.25, 0.3) is 5.91 Å². The number of amides is 1. The Morgan fingerprint density at radius 1 is 1.07 bits per heavy atom. The molecular weight excluding hydrogens is 350 g/mol. The number of piperazine rings is 1. The Balaban J connectivity index is 1.20. The monoisotopic (exact) mass is 381 g/mol. The van der Waals surface area contributed by atoms with Crippen LogP contribution < -0.4 is 19.9 Å². The number of rotatable bonds is 6. The summed E-state index contributed by atoms with van der Waals surface area (Å²) in [5.41, 5.74) is 5.18. The molecular formula is C23H31N3O2+2. The molecule has 3 N–H and O–H groups in total. The highest BCUT2D eigenvalue weighted by molar-refractivity contribution is 5.76. The van der Waals surface area contributed by atoms with Crippen LogP contribution in [0, 0.1) is 6.92 Å². The van der Waals surface area contributed by atoms with E-state index in [4.69, 9.17) is 4.74 Å². The van der Waals surface area contributed by atoms with Crippen LogP contribution in [-0.2, 0) is 24.3 Å². The van der Waals surface area contributed by atoms with Crippen LogP contribution in [-0.4, -0.2) is 45.2 Å². The fourth-order valence-electron chi connectivity index (χ4n) is 4.24. The third-order valence-corrected chi connectivity index (χ3v) is 6.02. The topological polar surface area (TPSA) is 47.2 Å². The maximum absolute atomic E-state index is 12.3. The van der Waals surface area contributed by atoms with Crippen molar-refractivity contribution in [2.75, 3.05) is 39.3 Å². The molecule has 2 aromatic rings. The van der Waals surface area contributed by atoms with Crippen molar-refractivity contribution in [1.82, 2.24) is 5.32 Å². The van der Waals surface area contributed by atoms with Crippen LogP contribution in [0.15, 0.2) is 42.5 Å². The summed E-state index contributed by atoms with van der Waals surface area (Å²) in [5, 5.41) is 3.08. The molecule has 5 heteroatoms. The van der Waals surface area contributed by atoms with Crippen LogP contribution in [0.1, 0.15) is 22.3 Å². The van der Waals surface area contributed by atoms with E-state index in [0.717, 1.165) is 51.5 Å². The zero-order chi connectivity index (χ0) is 19.3. The average Bonchev–Trinajstić information content (AvgIpc) is 3.17. The van der Waals surface area contributed by atoms with E-state index in [1.807, 2.05) is 12.1 Å². The maximum Gasteiger partial charge on any atom is 0.275 e. The summed E-state index contributed by atoms with van der Waals surface area (Å²) in [6.45, 7) is 9.53. The van der Waals surface area contributed by atoms with Crippen molar-refractivity contribution in [2.45, 2.75) is 26.4 Å². The molecule has 0 aliphatic carbocycles. The summed E-state index contributed by atoms with van der Waals surface area (Å²) >= 11 is 0. The molecule has 2 heterocycles. The number of ether oxygens (including phenoxy) is 1. The number of hydrogen-bond acceptors (Lipinski definition) is 2. The van der Waals surface area contributed by atoms with Gasteiger partial charge in [-0.25, -0.2) is 0 Å². The van der Waals surface area contributed by atoms with Gasteiger partial charge < -0.3 is 19.9 Å². The molecule has 2 aliphatic rings. The Morgan fingerprint density at radius 3 is 2.68 bits per heavy atom. The highest BCUT2D eigenvalue weighted by atomic mass is 16.5. The second-order valence-corrected chi connectivity index (χ2v) is 8.10. The molecule has 0 aromatic heterocycles. The van der Waals surface area contributed by atoms with Crippen molar-refractivity contribution in [2.24, 2.45) is 0 Å². The number of quaternary nitrogens is 2. The van der Waals surface area contributed by atoms with E-state index >= 15 is 0 Å². The van der Waals surface area contributed by atoms with Gasteiger partial charge in [0.05, 0.1) is 6.61 Å². The lowest BCUT2D eigenvalue weighted by Crippen LogP contribution is -3.28. The summed E-state index contributed by atoms with van der Waals surface area (Å²) in [4.78, 5) is 15.3. The van der Waals surface area contributed by atoms with Gasteiger partial charge in [0.1, 0.15) is 38.5 Å². The van der Waals surface area contributed by atoms with Crippen molar-refractivity contribution in [1.29, 1.82) is 0 Å². The Hall–Kier alpha value is -2.37. The SMILES string of the molecule is Cc1ccccc1CNC(=O)C[NH+]1CC[NH+](Cc2ccc3c(c2)CCO3)CC1. The first kappa shape index (κ1) is 19.0. The molecule has 0 radical (unpaired) electrons. The molecule has 2 aromatic carbocycles. The fourth-order valence-corrected chi connectivity index (χ4v) is 4.24. The zero-order valence-corrected chi connectivity index (χ0v) is 16.7. The van der Waals surface area contributed by atoms with E-state index in [9.17, 15) is 4.79 Å². The predicted octanol–water partition coefficient (Wildman–Crippen LogP) is -0.470. The van der Waals surface area contributed by atoms with Gasteiger partial charge in [-0.1, -0.05) is 24.3 Å². The van der Waals surface area contributed by atoms with E-state index < -0.39 is 0 Å². The molecule has 0 atom stereocenters. The second kappa shape index (κ2) is 8.76. The largest absolute Gasteiger partial charge is 0.493 e. The van der Waals surface area contributed by atoms with Gasteiger partial charge in [-0.05, 0) is 41.8 Å². The molecule has 1 fully saturated rings. The number of carbonyl (C=O) groups is 1. The molecule has 0 saturated carbocycles. The minimum atomic E-state index is 0.153. The average molecular weight is 382 g/mol. The maximum atomic E-state index is 12.3. The first-order valence-electron chi connectivity index (χ1n) is 10.4. The molecule has 1 saturated heterocycles. The first-order chi connectivity index (χ1) is 13.7. The normalized spacial score (nSPS) is 21.0. The summed E-state index contributed by atoms with van der Waals surface area (Å²) in [6.07, 6.45) is 1.04. The van der Waals surface area contributed by atoms with Crippen molar-refractivity contribution < 1.29 is 19.3 Å². The van der Waals surface area contributed by atoms with Crippen molar-refractivity contribution in [3.63, 3.8) is 0 Å². The summed E-state index contributed by atoms with van der Waals surface area (Å²) in [6, 6.07) is 14.9. The third-order valence-electron chi connectivity index (χ3n) is 6.02. The van der Waals surface area contributed by atoms with Gasteiger partial charge in [-0.15, -0.1) is 0 Å². The fraction of sp³-hybridized carbons (Fsp3) is 0.435. The number of carbonyl (C=O) groups excluding carboxylic acids is 1. The van der Waals surface area contributed by atoms with Crippen LogP contribution in [0.4, 0.5) is 0 Å². The van der Waals surface area contributed by atoms with Crippen LogP contribution in [0.2, 0.25) is 0 Å². The number of benzene rings is 2. The molecule has 0 bridgehead atoms. The summed E-state index contributed by atoms with van der Waals surface area (Å²) < 4.78 is 5.60. The van der Waals surface area contributed by atoms with Crippen LogP contribution in [0.3, 0.4) is 0 Å².